The lowest BCUT2D eigenvalue weighted by Crippen LogP contribution is -2.14. The maximum Gasteiger partial charge on any atom is 0.416 e. The predicted octanol–water partition coefficient (Wildman–Crippen LogP) is 2.22. The van der Waals surface area contributed by atoms with Gasteiger partial charge in [-0.25, -0.2) is 4.98 Å². The molecule has 2 nitrogen and oxygen atoms in total. The van der Waals surface area contributed by atoms with Gasteiger partial charge in [-0.05, 0) is 31.9 Å². The number of pyridine rings is 1. The molecule has 0 aliphatic carbocycles. The molecule has 0 atom stereocenters. The summed E-state index contributed by atoms with van der Waals surface area (Å²) in [6, 6.07) is 1.72. The van der Waals surface area contributed by atoms with Crippen LogP contribution in [-0.2, 0) is 6.18 Å². The molecule has 16 heavy (non-hydrogen) atoms. The van der Waals surface area contributed by atoms with Gasteiger partial charge in [-0.15, -0.1) is 0 Å². The van der Waals surface area contributed by atoms with Gasteiger partial charge in [0.05, 0.1) is 5.56 Å². The van der Waals surface area contributed by atoms with Gasteiger partial charge in [-0.1, -0.05) is 5.92 Å². The van der Waals surface area contributed by atoms with Crippen LogP contribution in [0.5, 0.6) is 0 Å². The Balaban J connectivity index is 3.04. The lowest BCUT2D eigenvalue weighted by Gasteiger charge is -2.07. The van der Waals surface area contributed by atoms with E-state index in [2.05, 4.69) is 16.8 Å². The Hall–Kier alpha value is -1.54. The quantitative estimate of drug-likeness (QED) is 0.692. The highest BCUT2D eigenvalue weighted by Gasteiger charge is 2.30. The second kappa shape index (κ2) is 4.14. The summed E-state index contributed by atoms with van der Waals surface area (Å²) >= 11 is 0. The molecule has 86 valence electrons. The normalized spacial score (nSPS) is 11.9. The topological polar surface area (TPSA) is 33.1 Å². The van der Waals surface area contributed by atoms with Gasteiger partial charge in [0.25, 0.3) is 0 Å². The summed E-state index contributed by atoms with van der Waals surface area (Å²) in [6.07, 6.45) is -3.37. The van der Waals surface area contributed by atoms with Crippen molar-refractivity contribution in [3.63, 3.8) is 0 Å². The van der Waals surface area contributed by atoms with E-state index < -0.39 is 17.3 Å². The zero-order valence-corrected chi connectivity index (χ0v) is 8.76. The van der Waals surface area contributed by atoms with Crippen molar-refractivity contribution in [2.45, 2.75) is 25.6 Å². The minimum atomic E-state index is -4.41. The highest BCUT2D eigenvalue weighted by molar-refractivity contribution is 5.33. The second-order valence-electron chi connectivity index (χ2n) is 3.74. The largest absolute Gasteiger partial charge is 0.416 e. The zero-order chi connectivity index (χ0) is 12.4. The Morgan fingerprint density at radius 1 is 1.31 bits per heavy atom. The van der Waals surface area contributed by atoms with E-state index in [-0.39, 0.29) is 5.69 Å². The van der Waals surface area contributed by atoms with E-state index in [1.54, 1.807) is 0 Å². The molecule has 1 rings (SSSR count). The Morgan fingerprint density at radius 3 is 2.44 bits per heavy atom. The third-order valence-electron chi connectivity index (χ3n) is 1.58. The van der Waals surface area contributed by atoms with Crippen molar-refractivity contribution < 1.29 is 18.3 Å². The van der Waals surface area contributed by atoms with Gasteiger partial charge in [-0.3, -0.25) is 0 Å². The van der Waals surface area contributed by atoms with Crippen LogP contribution in [0, 0.1) is 11.8 Å². The van der Waals surface area contributed by atoms with Crippen molar-refractivity contribution >= 4 is 0 Å². The van der Waals surface area contributed by atoms with Gasteiger partial charge in [0.1, 0.15) is 11.3 Å². The number of hydrogen-bond donors (Lipinski definition) is 1. The maximum absolute atomic E-state index is 12.3. The minimum Gasteiger partial charge on any atom is -0.378 e. The molecule has 0 spiro atoms. The molecular formula is C11H10F3NO. The smallest absolute Gasteiger partial charge is 0.378 e. The average molecular weight is 229 g/mol. The highest BCUT2D eigenvalue weighted by Crippen LogP contribution is 2.28. The maximum atomic E-state index is 12.3. The first-order valence-corrected chi connectivity index (χ1v) is 4.47. The summed E-state index contributed by atoms with van der Waals surface area (Å²) in [5.41, 5.74) is -2.07. The standard InChI is InChI=1S/C11H10F3NO/c1-10(2,16)5-3-9-7-8(4-6-15-9)11(12,13)14/h4,6-7,16H,1-2H3. The van der Waals surface area contributed by atoms with E-state index in [9.17, 15) is 18.3 Å². The van der Waals surface area contributed by atoms with Crippen LogP contribution in [-0.4, -0.2) is 15.7 Å². The molecule has 0 radical (unpaired) electrons. The molecule has 5 heteroatoms. The number of aromatic nitrogens is 1. The number of nitrogens with zero attached hydrogens (tertiary/aromatic N) is 1. The molecule has 0 aliphatic rings. The summed E-state index contributed by atoms with van der Waals surface area (Å²) in [5.74, 6) is 4.78. The molecule has 0 unspecified atom stereocenters. The monoisotopic (exact) mass is 229 g/mol. The molecule has 1 heterocycles. The highest BCUT2D eigenvalue weighted by atomic mass is 19.4. The number of halogens is 3. The van der Waals surface area contributed by atoms with Crippen molar-refractivity contribution in [3.05, 3.63) is 29.6 Å². The number of alkyl halides is 3. The molecule has 0 bridgehead atoms. The Morgan fingerprint density at radius 2 is 1.94 bits per heavy atom. The fourth-order valence-electron chi connectivity index (χ4n) is 0.892. The van der Waals surface area contributed by atoms with Crippen molar-refractivity contribution in [2.24, 2.45) is 0 Å². The first-order valence-electron chi connectivity index (χ1n) is 4.47. The lowest BCUT2D eigenvalue weighted by atomic mass is 10.1. The molecule has 0 fully saturated rings. The van der Waals surface area contributed by atoms with Crippen LogP contribution in [0.2, 0.25) is 0 Å². The van der Waals surface area contributed by atoms with Crippen molar-refractivity contribution in [1.82, 2.24) is 4.98 Å². The van der Waals surface area contributed by atoms with E-state index in [4.69, 9.17) is 0 Å². The van der Waals surface area contributed by atoms with Gasteiger partial charge < -0.3 is 5.11 Å². The molecule has 0 aromatic carbocycles. The van der Waals surface area contributed by atoms with Crippen LogP contribution in [0.1, 0.15) is 25.1 Å². The number of hydrogen-bond acceptors (Lipinski definition) is 2. The summed E-state index contributed by atoms with van der Waals surface area (Å²) in [7, 11) is 0. The van der Waals surface area contributed by atoms with Crippen LogP contribution in [0.25, 0.3) is 0 Å². The van der Waals surface area contributed by atoms with Gasteiger partial charge in [0.2, 0.25) is 0 Å². The fraction of sp³-hybridized carbons (Fsp3) is 0.364. The lowest BCUT2D eigenvalue weighted by molar-refractivity contribution is -0.137. The second-order valence-corrected chi connectivity index (χ2v) is 3.74. The first-order chi connectivity index (χ1) is 7.18. The summed E-state index contributed by atoms with van der Waals surface area (Å²) < 4.78 is 37.0. The van der Waals surface area contributed by atoms with Crippen LogP contribution < -0.4 is 0 Å². The van der Waals surface area contributed by atoms with Crippen LogP contribution in [0.15, 0.2) is 18.3 Å². The number of rotatable bonds is 0. The molecule has 0 saturated heterocycles. The molecular weight excluding hydrogens is 219 g/mol. The Labute approximate surface area is 91.1 Å². The Kier molecular flexibility index (Phi) is 3.24. The van der Waals surface area contributed by atoms with Gasteiger partial charge in [-0.2, -0.15) is 13.2 Å². The SMILES string of the molecule is CC(C)(O)C#Cc1cc(C(F)(F)F)ccn1. The third-order valence-corrected chi connectivity index (χ3v) is 1.58. The van der Waals surface area contributed by atoms with Crippen molar-refractivity contribution in [3.8, 4) is 11.8 Å². The van der Waals surface area contributed by atoms with E-state index in [1.807, 2.05) is 0 Å². The molecule has 1 aromatic rings. The average Bonchev–Trinajstić information content (AvgIpc) is 2.13. The van der Waals surface area contributed by atoms with Crippen LogP contribution in [0.4, 0.5) is 13.2 Å². The number of aliphatic hydroxyl groups is 1. The summed E-state index contributed by atoms with van der Waals surface area (Å²) in [5, 5.41) is 9.28. The van der Waals surface area contributed by atoms with Crippen LogP contribution >= 0.6 is 0 Å². The van der Waals surface area contributed by atoms with Crippen molar-refractivity contribution in [1.29, 1.82) is 0 Å². The molecule has 1 aromatic heterocycles. The first kappa shape index (κ1) is 12.5. The van der Waals surface area contributed by atoms with Gasteiger partial charge >= 0.3 is 6.18 Å². The van der Waals surface area contributed by atoms with E-state index in [1.165, 1.54) is 13.8 Å². The minimum absolute atomic E-state index is 0.0167. The van der Waals surface area contributed by atoms with E-state index >= 15 is 0 Å². The molecule has 1 N–H and O–H groups in total. The Bertz CT molecular complexity index is 435. The zero-order valence-electron chi connectivity index (χ0n) is 8.76. The molecule has 0 saturated carbocycles. The fourth-order valence-corrected chi connectivity index (χ4v) is 0.892. The van der Waals surface area contributed by atoms with E-state index in [0.717, 1.165) is 18.3 Å². The van der Waals surface area contributed by atoms with Crippen LogP contribution in [0.3, 0.4) is 0 Å². The third kappa shape index (κ3) is 3.91. The predicted molar refractivity (Wildman–Crippen MR) is 52.4 cm³/mol. The summed E-state index contributed by atoms with van der Waals surface area (Å²) in [4.78, 5) is 3.67. The summed E-state index contributed by atoms with van der Waals surface area (Å²) in [6.45, 7) is 2.88. The van der Waals surface area contributed by atoms with Gasteiger partial charge in [0.15, 0.2) is 0 Å². The molecule has 0 amide bonds. The molecule has 0 aliphatic heterocycles. The van der Waals surface area contributed by atoms with Gasteiger partial charge in [0, 0.05) is 6.20 Å². The van der Waals surface area contributed by atoms with E-state index in [0.29, 0.717) is 0 Å². The van der Waals surface area contributed by atoms with Crippen molar-refractivity contribution in [2.75, 3.05) is 0 Å².